The molecule has 2 heterocycles. The van der Waals surface area contributed by atoms with Crippen LogP contribution < -0.4 is 10.2 Å². The fraction of sp³-hybridized carbons (Fsp3) is 0.174. The van der Waals surface area contributed by atoms with Gasteiger partial charge in [0.25, 0.3) is 0 Å². The van der Waals surface area contributed by atoms with Crippen molar-refractivity contribution in [1.82, 2.24) is 9.97 Å². The summed E-state index contributed by atoms with van der Waals surface area (Å²) < 4.78 is 0. The molecule has 7 heteroatoms. The lowest BCUT2D eigenvalue weighted by Gasteiger charge is -2.18. The number of carbonyl (C=O) groups is 1. The molecule has 1 amide bonds. The van der Waals surface area contributed by atoms with E-state index in [0.717, 1.165) is 37.7 Å². The maximum atomic E-state index is 12.5. The number of anilines is 2. The normalized spacial score (nSPS) is 10.9. The van der Waals surface area contributed by atoms with Crippen LogP contribution in [-0.4, -0.2) is 29.5 Å². The molecular formula is C23H21ClN4OS. The van der Waals surface area contributed by atoms with Crippen LogP contribution in [0.1, 0.15) is 12.0 Å². The van der Waals surface area contributed by atoms with Crippen LogP contribution in [0.15, 0.2) is 60.9 Å². The highest BCUT2D eigenvalue weighted by Crippen LogP contribution is 2.35. The van der Waals surface area contributed by atoms with Crippen LogP contribution in [-0.2, 0) is 4.79 Å². The van der Waals surface area contributed by atoms with E-state index in [0.29, 0.717) is 18.0 Å². The van der Waals surface area contributed by atoms with Gasteiger partial charge in [0.2, 0.25) is 5.91 Å². The van der Waals surface area contributed by atoms with Crippen molar-refractivity contribution in [2.45, 2.75) is 13.3 Å². The Hall–Kier alpha value is -2.96. The van der Waals surface area contributed by atoms with Gasteiger partial charge in [-0.1, -0.05) is 48.0 Å². The minimum Gasteiger partial charge on any atom is -0.359 e. The van der Waals surface area contributed by atoms with Crippen LogP contribution in [0.3, 0.4) is 0 Å². The predicted molar refractivity (Wildman–Crippen MR) is 126 cm³/mol. The summed E-state index contributed by atoms with van der Waals surface area (Å²) in [6, 6.07) is 17.8. The fourth-order valence-corrected chi connectivity index (χ4v) is 4.40. The van der Waals surface area contributed by atoms with Crippen LogP contribution in [0.5, 0.6) is 0 Å². The number of amides is 1. The first kappa shape index (κ1) is 20.3. The van der Waals surface area contributed by atoms with E-state index in [9.17, 15) is 4.79 Å². The SMILES string of the molecule is Cc1c(Cl)cccc1NC(=O)CCN(C)c1ncnc2sc(-c3ccccc3)cc12. The van der Waals surface area contributed by atoms with E-state index in [2.05, 4.69) is 33.5 Å². The largest absolute Gasteiger partial charge is 0.359 e. The second-order valence-electron chi connectivity index (χ2n) is 7.02. The Morgan fingerprint density at radius 2 is 1.93 bits per heavy atom. The van der Waals surface area contributed by atoms with Gasteiger partial charge in [-0.15, -0.1) is 11.3 Å². The second-order valence-corrected chi connectivity index (χ2v) is 8.46. The molecule has 0 atom stereocenters. The van der Waals surface area contributed by atoms with Crippen LogP contribution in [0.25, 0.3) is 20.7 Å². The lowest BCUT2D eigenvalue weighted by Crippen LogP contribution is -2.25. The first-order valence-corrected chi connectivity index (χ1v) is 10.8. The quantitative estimate of drug-likeness (QED) is 0.416. The highest BCUT2D eigenvalue weighted by Gasteiger charge is 2.14. The maximum Gasteiger partial charge on any atom is 0.226 e. The molecule has 30 heavy (non-hydrogen) atoms. The Balaban J connectivity index is 1.48. The average molecular weight is 437 g/mol. The van der Waals surface area contributed by atoms with Crippen LogP contribution in [0, 0.1) is 6.92 Å². The van der Waals surface area contributed by atoms with Crippen LogP contribution in [0.4, 0.5) is 11.5 Å². The van der Waals surface area contributed by atoms with E-state index in [1.807, 2.05) is 55.3 Å². The van der Waals surface area contributed by atoms with E-state index in [1.54, 1.807) is 17.7 Å². The molecule has 0 fully saturated rings. The molecule has 0 aliphatic heterocycles. The van der Waals surface area contributed by atoms with Crippen LogP contribution >= 0.6 is 22.9 Å². The monoisotopic (exact) mass is 436 g/mol. The molecule has 0 aliphatic carbocycles. The number of hydrogen-bond acceptors (Lipinski definition) is 5. The van der Waals surface area contributed by atoms with E-state index in [1.165, 1.54) is 0 Å². The molecule has 0 saturated heterocycles. The number of aromatic nitrogens is 2. The minimum atomic E-state index is -0.0622. The van der Waals surface area contributed by atoms with Crippen molar-refractivity contribution >= 4 is 50.6 Å². The highest BCUT2D eigenvalue weighted by atomic mass is 35.5. The molecule has 1 N–H and O–H groups in total. The molecule has 2 aromatic carbocycles. The molecule has 152 valence electrons. The number of carbonyl (C=O) groups excluding carboxylic acids is 1. The Morgan fingerprint density at radius 1 is 1.13 bits per heavy atom. The molecule has 4 rings (SSSR count). The van der Waals surface area contributed by atoms with Gasteiger partial charge in [-0.05, 0) is 36.2 Å². The average Bonchev–Trinajstić information content (AvgIpc) is 3.20. The van der Waals surface area contributed by atoms with E-state index < -0.39 is 0 Å². The van der Waals surface area contributed by atoms with Crippen molar-refractivity contribution in [3.63, 3.8) is 0 Å². The van der Waals surface area contributed by atoms with Crippen molar-refractivity contribution in [3.8, 4) is 10.4 Å². The third-order valence-corrected chi connectivity index (χ3v) is 6.45. The predicted octanol–water partition coefficient (Wildman–Crippen LogP) is 5.79. The second kappa shape index (κ2) is 8.81. The number of nitrogens with zero attached hydrogens (tertiary/aromatic N) is 3. The summed E-state index contributed by atoms with van der Waals surface area (Å²) in [6.07, 6.45) is 1.92. The molecule has 0 unspecified atom stereocenters. The summed E-state index contributed by atoms with van der Waals surface area (Å²) in [4.78, 5) is 25.4. The van der Waals surface area contributed by atoms with E-state index >= 15 is 0 Å². The third kappa shape index (κ3) is 4.30. The van der Waals surface area contributed by atoms with Crippen molar-refractivity contribution in [2.75, 3.05) is 23.8 Å². The van der Waals surface area contributed by atoms with Gasteiger partial charge in [0.05, 0.1) is 5.39 Å². The molecule has 0 spiro atoms. The Labute approximate surface area is 184 Å². The van der Waals surface area contributed by atoms with Crippen molar-refractivity contribution in [1.29, 1.82) is 0 Å². The third-order valence-electron chi connectivity index (χ3n) is 4.94. The molecule has 4 aromatic rings. The Bertz CT molecular complexity index is 1190. The summed E-state index contributed by atoms with van der Waals surface area (Å²) in [5, 5.41) is 4.57. The zero-order chi connectivity index (χ0) is 21.1. The number of nitrogens with one attached hydrogen (secondary N) is 1. The summed E-state index contributed by atoms with van der Waals surface area (Å²) in [6.45, 7) is 2.43. The topological polar surface area (TPSA) is 58.1 Å². The summed E-state index contributed by atoms with van der Waals surface area (Å²) in [5.41, 5.74) is 2.76. The fourth-order valence-electron chi connectivity index (χ4n) is 3.22. The first-order valence-electron chi connectivity index (χ1n) is 9.59. The molecule has 0 radical (unpaired) electrons. The van der Waals surface area contributed by atoms with Gasteiger partial charge in [0.1, 0.15) is 17.0 Å². The standard InChI is InChI=1S/C23H21ClN4OS/c1-15-18(24)9-6-10-19(15)27-21(29)11-12-28(2)22-17-13-20(16-7-4-3-5-8-16)30-23(17)26-14-25-22/h3-10,13-14H,11-12H2,1-2H3,(H,27,29). The van der Waals surface area contributed by atoms with Gasteiger partial charge in [0, 0.05) is 35.6 Å². The van der Waals surface area contributed by atoms with Gasteiger partial charge < -0.3 is 10.2 Å². The molecular weight excluding hydrogens is 416 g/mol. The zero-order valence-corrected chi connectivity index (χ0v) is 18.3. The number of thiophene rings is 1. The van der Waals surface area contributed by atoms with Gasteiger partial charge in [-0.3, -0.25) is 4.79 Å². The van der Waals surface area contributed by atoms with E-state index in [4.69, 9.17) is 11.6 Å². The van der Waals surface area contributed by atoms with Gasteiger partial charge >= 0.3 is 0 Å². The van der Waals surface area contributed by atoms with Crippen LogP contribution in [0.2, 0.25) is 5.02 Å². The zero-order valence-electron chi connectivity index (χ0n) is 16.7. The lowest BCUT2D eigenvalue weighted by molar-refractivity contribution is -0.116. The van der Waals surface area contributed by atoms with Crippen molar-refractivity contribution in [2.24, 2.45) is 0 Å². The molecule has 2 aromatic heterocycles. The van der Waals surface area contributed by atoms with E-state index in [-0.39, 0.29) is 5.91 Å². The molecule has 0 bridgehead atoms. The highest BCUT2D eigenvalue weighted by molar-refractivity contribution is 7.21. The summed E-state index contributed by atoms with van der Waals surface area (Å²) in [7, 11) is 1.94. The van der Waals surface area contributed by atoms with Gasteiger partial charge in [-0.2, -0.15) is 0 Å². The Kier molecular flexibility index (Phi) is 5.97. The number of benzene rings is 2. The smallest absolute Gasteiger partial charge is 0.226 e. The molecule has 5 nitrogen and oxygen atoms in total. The molecule has 0 saturated carbocycles. The minimum absolute atomic E-state index is 0.0622. The number of rotatable bonds is 6. The maximum absolute atomic E-state index is 12.5. The van der Waals surface area contributed by atoms with Crippen molar-refractivity contribution < 1.29 is 4.79 Å². The number of halogens is 1. The first-order chi connectivity index (χ1) is 14.5. The Morgan fingerprint density at radius 3 is 2.73 bits per heavy atom. The number of fused-ring (bicyclic) bond motifs is 1. The van der Waals surface area contributed by atoms with Gasteiger partial charge in [-0.25, -0.2) is 9.97 Å². The molecule has 0 aliphatic rings. The number of hydrogen-bond donors (Lipinski definition) is 1. The van der Waals surface area contributed by atoms with Crippen molar-refractivity contribution in [3.05, 3.63) is 71.5 Å². The summed E-state index contributed by atoms with van der Waals surface area (Å²) >= 11 is 7.78. The van der Waals surface area contributed by atoms with Gasteiger partial charge in [0.15, 0.2) is 0 Å². The lowest BCUT2D eigenvalue weighted by atomic mass is 10.2. The summed E-state index contributed by atoms with van der Waals surface area (Å²) in [5.74, 6) is 0.762.